The minimum Gasteiger partial charge on any atom is -0.494 e. The summed E-state index contributed by atoms with van der Waals surface area (Å²) in [5, 5.41) is 7.12. The van der Waals surface area contributed by atoms with Crippen molar-refractivity contribution >= 4 is 11.6 Å². The van der Waals surface area contributed by atoms with E-state index in [1.165, 1.54) is 4.68 Å². The molecule has 19 heavy (non-hydrogen) atoms. The molecule has 0 saturated carbocycles. The van der Waals surface area contributed by atoms with Crippen molar-refractivity contribution in [1.82, 2.24) is 9.78 Å². The third kappa shape index (κ3) is 3.58. The number of aromatic nitrogens is 2. The molecule has 0 spiro atoms. The van der Waals surface area contributed by atoms with Crippen molar-refractivity contribution in [2.75, 3.05) is 18.5 Å². The first-order chi connectivity index (χ1) is 9.19. The van der Waals surface area contributed by atoms with E-state index in [0.717, 1.165) is 17.1 Å². The second-order valence-corrected chi connectivity index (χ2v) is 4.11. The summed E-state index contributed by atoms with van der Waals surface area (Å²) < 4.78 is 6.69. The van der Waals surface area contributed by atoms with Crippen LogP contribution in [0.5, 0.6) is 5.75 Å². The third-order valence-electron chi connectivity index (χ3n) is 2.59. The Labute approximate surface area is 112 Å². The van der Waals surface area contributed by atoms with Gasteiger partial charge < -0.3 is 10.1 Å². The summed E-state index contributed by atoms with van der Waals surface area (Å²) in [6.45, 7) is 4.64. The monoisotopic (exact) mass is 259 g/mol. The van der Waals surface area contributed by atoms with Gasteiger partial charge in [0, 0.05) is 11.9 Å². The molecule has 0 atom stereocenters. The van der Waals surface area contributed by atoms with Crippen LogP contribution in [0.15, 0.2) is 36.5 Å². The van der Waals surface area contributed by atoms with Crippen molar-refractivity contribution in [3.63, 3.8) is 0 Å². The molecule has 5 nitrogen and oxygen atoms in total. The van der Waals surface area contributed by atoms with Gasteiger partial charge in [0.25, 0.3) is 5.91 Å². The van der Waals surface area contributed by atoms with Crippen LogP contribution in [-0.2, 0) is 0 Å². The number of carbonyl (C=O) groups is 1. The van der Waals surface area contributed by atoms with Crippen molar-refractivity contribution in [3.05, 3.63) is 42.2 Å². The van der Waals surface area contributed by atoms with Gasteiger partial charge in [-0.1, -0.05) is 0 Å². The van der Waals surface area contributed by atoms with E-state index >= 15 is 0 Å². The molecule has 2 rings (SSSR count). The summed E-state index contributed by atoms with van der Waals surface area (Å²) in [6.07, 6.45) is 1.66. The summed E-state index contributed by atoms with van der Waals surface area (Å²) >= 11 is 0. The summed E-state index contributed by atoms with van der Waals surface area (Å²) in [4.78, 5) is 11.8. The minimum absolute atomic E-state index is 0.0954. The molecule has 0 aliphatic heterocycles. The highest BCUT2D eigenvalue weighted by Gasteiger charge is 2.05. The average Bonchev–Trinajstić information content (AvgIpc) is 2.85. The summed E-state index contributed by atoms with van der Waals surface area (Å²) in [5.74, 6) is 0.726. The van der Waals surface area contributed by atoms with E-state index in [-0.39, 0.29) is 12.5 Å². The Morgan fingerprint density at radius 1 is 1.32 bits per heavy atom. The van der Waals surface area contributed by atoms with E-state index in [2.05, 4.69) is 10.4 Å². The molecule has 1 N–H and O–H groups in total. The Morgan fingerprint density at radius 2 is 2.05 bits per heavy atom. The number of aryl methyl sites for hydroxylation is 1. The molecule has 0 radical (unpaired) electrons. The number of carbonyl (C=O) groups excluding carboxylic acids is 1. The molecule has 0 aliphatic rings. The molecule has 100 valence electrons. The first-order valence-corrected chi connectivity index (χ1v) is 6.21. The normalized spacial score (nSPS) is 10.2. The fourth-order valence-electron chi connectivity index (χ4n) is 1.65. The lowest BCUT2D eigenvalue weighted by Gasteiger charge is -2.07. The van der Waals surface area contributed by atoms with Crippen molar-refractivity contribution < 1.29 is 9.53 Å². The Kier molecular flexibility index (Phi) is 4.18. The lowest BCUT2D eigenvalue weighted by atomic mass is 10.3. The van der Waals surface area contributed by atoms with Gasteiger partial charge in [0.15, 0.2) is 0 Å². The Morgan fingerprint density at radius 3 is 2.63 bits per heavy atom. The van der Waals surface area contributed by atoms with E-state index in [1.54, 1.807) is 12.3 Å². The molecule has 1 aromatic heterocycles. The van der Waals surface area contributed by atoms with E-state index in [4.69, 9.17) is 4.74 Å². The second kappa shape index (κ2) is 6.04. The number of anilines is 1. The molecule has 0 unspecified atom stereocenters. The Hall–Kier alpha value is -2.30. The highest BCUT2D eigenvalue weighted by molar-refractivity contribution is 5.82. The molecule has 1 aromatic carbocycles. The van der Waals surface area contributed by atoms with Crippen LogP contribution in [0.2, 0.25) is 0 Å². The number of benzene rings is 1. The molecular weight excluding hydrogens is 242 g/mol. The number of ether oxygens (including phenoxy) is 1. The third-order valence-corrected chi connectivity index (χ3v) is 2.59. The Balaban J connectivity index is 1.89. The quantitative estimate of drug-likeness (QED) is 0.895. The average molecular weight is 259 g/mol. The lowest BCUT2D eigenvalue weighted by Crippen LogP contribution is -2.21. The predicted molar refractivity (Wildman–Crippen MR) is 73.7 cm³/mol. The smallest absolute Gasteiger partial charge is 0.266 e. The van der Waals surface area contributed by atoms with Crippen LogP contribution < -0.4 is 10.1 Å². The van der Waals surface area contributed by atoms with Crippen LogP contribution in [0, 0.1) is 6.92 Å². The molecule has 0 bridgehead atoms. The van der Waals surface area contributed by atoms with Gasteiger partial charge in [-0.3, -0.25) is 4.79 Å². The van der Waals surface area contributed by atoms with Crippen molar-refractivity contribution in [2.24, 2.45) is 0 Å². The molecule has 0 fully saturated rings. The van der Waals surface area contributed by atoms with Gasteiger partial charge >= 0.3 is 0 Å². The molecule has 5 heteroatoms. The summed E-state index contributed by atoms with van der Waals surface area (Å²) in [5.41, 5.74) is 1.70. The van der Waals surface area contributed by atoms with Crippen LogP contribution >= 0.6 is 0 Å². The van der Waals surface area contributed by atoms with Gasteiger partial charge in [-0.2, -0.15) is 5.10 Å². The van der Waals surface area contributed by atoms with Crippen molar-refractivity contribution in [2.45, 2.75) is 13.8 Å². The standard InChI is InChI=1S/C14H17N3O2/c1-3-19-13-6-4-12(5-7-13)15-10-14(18)17-9-8-11(2)16-17/h4-9,15H,3,10H2,1-2H3. The highest BCUT2D eigenvalue weighted by atomic mass is 16.5. The first kappa shape index (κ1) is 13.1. The number of hydrogen-bond acceptors (Lipinski definition) is 4. The van der Waals surface area contributed by atoms with Crippen molar-refractivity contribution in [1.29, 1.82) is 0 Å². The zero-order valence-electron chi connectivity index (χ0n) is 11.1. The number of rotatable bonds is 5. The second-order valence-electron chi connectivity index (χ2n) is 4.11. The Bertz CT molecular complexity index is 546. The SMILES string of the molecule is CCOc1ccc(NCC(=O)n2ccc(C)n2)cc1. The molecule has 1 heterocycles. The van der Waals surface area contributed by atoms with Crippen LogP contribution in [0.4, 0.5) is 5.69 Å². The van der Waals surface area contributed by atoms with E-state index in [1.807, 2.05) is 38.1 Å². The predicted octanol–water partition coefficient (Wildman–Crippen LogP) is 2.34. The first-order valence-electron chi connectivity index (χ1n) is 6.21. The van der Waals surface area contributed by atoms with Gasteiger partial charge in [0.1, 0.15) is 5.75 Å². The van der Waals surface area contributed by atoms with Crippen LogP contribution in [0.1, 0.15) is 17.4 Å². The lowest BCUT2D eigenvalue weighted by molar-refractivity contribution is 0.0913. The number of nitrogens with zero attached hydrogens (tertiary/aromatic N) is 2. The van der Waals surface area contributed by atoms with Gasteiger partial charge in [-0.15, -0.1) is 0 Å². The number of hydrogen-bond donors (Lipinski definition) is 1. The van der Waals surface area contributed by atoms with Crippen molar-refractivity contribution in [3.8, 4) is 5.75 Å². The van der Waals surface area contributed by atoms with Crippen LogP contribution in [0.3, 0.4) is 0 Å². The molecule has 0 saturated heterocycles. The maximum Gasteiger partial charge on any atom is 0.266 e. The molecule has 0 aliphatic carbocycles. The van der Waals surface area contributed by atoms with Crippen LogP contribution in [0.25, 0.3) is 0 Å². The molecule has 0 amide bonds. The largest absolute Gasteiger partial charge is 0.494 e. The zero-order chi connectivity index (χ0) is 13.7. The van der Waals surface area contributed by atoms with E-state index in [0.29, 0.717) is 6.61 Å². The topological polar surface area (TPSA) is 56.1 Å². The van der Waals surface area contributed by atoms with Crippen LogP contribution in [-0.4, -0.2) is 28.8 Å². The molecular formula is C14H17N3O2. The minimum atomic E-state index is -0.0954. The maximum absolute atomic E-state index is 11.8. The molecule has 2 aromatic rings. The zero-order valence-corrected chi connectivity index (χ0v) is 11.1. The fraction of sp³-hybridized carbons (Fsp3) is 0.286. The van der Waals surface area contributed by atoms with Gasteiger partial charge in [-0.25, -0.2) is 4.68 Å². The maximum atomic E-state index is 11.8. The summed E-state index contributed by atoms with van der Waals surface area (Å²) in [6, 6.07) is 9.30. The fourth-order valence-corrected chi connectivity index (χ4v) is 1.65. The van der Waals surface area contributed by atoms with Gasteiger partial charge in [0.05, 0.1) is 18.8 Å². The summed E-state index contributed by atoms with van der Waals surface area (Å²) in [7, 11) is 0. The van der Waals surface area contributed by atoms with Gasteiger partial charge in [-0.05, 0) is 44.2 Å². The van der Waals surface area contributed by atoms with E-state index < -0.39 is 0 Å². The van der Waals surface area contributed by atoms with Gasteiger partial charge in [0.2, 0.25) is 0 Å². The highest BCUT2D eigenvalue weighted by Crippen LogP contribution is 2.15. The number of nitrogens with one attached hydrogen (secondary N) is 1. The van der Waals surface area contributed by atoms with E-state index in [9.17, 15) is 4.79 Å².